The Kier molecular flexibility index (Phi) is 4.03. The maximum absolute atomic E-state index is 10.7. The van der Waals surface area contributed by atoms with Gasteiger partial charge in [0.2, 0.25) is 5.91 Å². The Morgan fingerprint density at radius 3 is 2.75 bits per heavy atom. The Bertz CT molecular complexity index is 482. The highest BCUT2D eigenvalue weighted by atomic mass is 32.1. The van der Waals surface area contributed by atoms with Gasteiger partial charge in [-0.2, -0.15) is 0 Å². The Balaban J connectivity index is 2.71. The molecule has 0 radical (unpaired) electrons. The van der Waals surface area contributed by atoms with Crippen LogP contribution in [0.3, 0.4) is 0 Å². The number of hydrogen-bond acceptors (Lipinski definition) is 4. The third kappa shape index (κ3) is 3.37. The predicted octanol–water partition coefficient (Wildman–Crippen LogP) is 0.637. The summed E-state index contributed by atoms with van der Waals surface area (Å²) in [6.07, 6.45) is 0. The van der Waals surface area contributed by atoms with Crippen LogP contribution in [0.5, 0.6) is 0 Å². The highest BCUT2D eigenvalue weighted by molar-refractivity contribution is 7.14. The maximum Gasteiger partial charge on any atom is 0.347 e. The fraction of sp³-hybridized carbons (Fsp3) is 0.300. The quantitative estimate of drug-likeness (QED) is 0.741. The number of carboxylic acids is 1. The minimum absolute atomic E-state index is 0.157. The van der Waals surface area contributed by atoms with Crippen LogP contribution < -0.4 is 5.32 Å². The van der Waals surface area contributed by atoms with Gasteiger partial charge in [0.25, 0.3) is 0 Å². The van der Waals surface area contributed by atoms with Gasteiger partial charge in [0, 0.05) is 6.92 Å². The van der Waals surface area contributed by atoms with Gasteiger partial charge in [-0.15, -0.1) is 0 Å². The summed E-state index contributed by atoms with van der Waals surface area (Å²) in [5.74, 6) is 4.23. The number of carboxylic acid groups (broad SMARTS) is 1. The number of nitrogens with one attached hydrogen (secondary N) is 1. The minimum atomic E-state index is -0.995. The van der Waals surface area contributed by atoms with Crippen molar-refractivity contribution < 1.29 is 14.7 Å². The van der Waals surface area contributed by atoms with Crippen molar-refractivity contribution in [2.45, 2.75) is 13.8 Å². The number of aromatic nitrogens is 1. The molecule has 0 aliphatic rings. The number of amides is 1. The van der Waals surface area contributed by atoms with Gasteiger partial charge in [0.05, 0.1) is 12.2 Å². The summed E-state index contributed by atoms with van der Waals surface area (Å²) in [6.45, 7) is 3.26. The summed E-state index contributed by atoms with van der Waals surface area (Å²) < 4.78 is 0. The molecule has 0 fully saturated rings. The molecule has 0 saturated carbocycles. The standard InChI is InChI=1S/C10H10N2O3S/c1-6-9(10(14)15)16-8(12-6)4-3-5-11-7(2)13/h5H2,1-2H3,(H,11,13)(H,14,15). The first-order chi connectivity index (χ1) is 7.50. The fourth-order valence-electron chi connectivity index (χ4n) is 0.937. The number of nitrogens with zero attached hydrogens (tertiary/aromatic N) is 1. The van der Waals surface area contributed by atoms with Gasteiger partial charge >= 0.3 is 5.97 Å². The number of carbonyl (C=O) groups is 2. The van der Waals surface area contributed by atoms with E-state index in [1.54, 1.807) is 6.92 Å². The monoisotopic (exact) mass is 238 g/mol. The first-order valence-corrected chi connectivity index (χ1v) is 5.26. The number of aryl methyl sites for hydroxylation is 1. The molecule has 5 nitrogen and oxygen atoms in total. The van der Waals surface area contributed by atoms with Gasteiger partial charge in [-0.25, -0.2) is 9.78 Å². The van der Waals surface area contributed by atoms with E-state index in [1.165, 1.54) is 6.92 Å². The largest absolute Gasteiger partial charge is 0.477 e. The predicted molar refractivity (Wildman–Crippen MR) is 59.4 cm³/mol. The average Bonchev–Trinajstić information content (AvgIpc) is 2.54. The lowest BCUT2D eigenvalue weighted by atomic mass is 10.4. The number of rotatable bonds is 2. The van der Waals surface area contributed by atoms with Gasteiger partial charge in [-0.3, -0.25) is 4.79 Å². The number of thiazole rings is 1. The molecule has 0 aliphatic heterocycles. The molecule has 84 valence electrons. The zero-order valence-electron chi connectivity index (χ0n) is 8.83. The summed E-state index contributed by atoms with van der Waals surface area (Å²) >= 11 is 1.03. The van der Waals surface area contributed by atoms with Gasteiger partial charge in [-0.05, 0) is 12.8 Å². The Labute approximate surface area is 96.5 Å². The van der Waals surface area contributed by atoms with Crippen LogP contribution in [0.1, 0.15) is 27.3 Å². The molecule has 6 heteroatoms. The van der Waals surface area contributed by atoms with Crippen molar-refractivity contribution in [1.29, 1.82) is 0 Å². The van der Waals surface area contributed by atoms with Crippen LogP contribution in [0.2, 0.25) is 0 Å². The molecular formula is C10H10N2O3S. The molecule has 0 saturated heterocycles. The van der Waals surface area contributed by atoms with Gasteiger partial charge in [0.15, 0.2) is 5.01 Å². The molecule has 16 heavy (non-hydrogen) atoms. The Hall–Kier alpha value is -1.87. The van der Waals surface area contributed by atoms with E-state index in [2.05, 4.69) is 22.1 Å². The average molecular weight is 238 g/mol. The van der Waals surface area contributed by atoms with Crippen LogP contribution >= 0.6 is 11.3 Å². The molecule has 1 amide bonds. The second-order valence-electron chi connectivity index (χ2n) is 2.95. The summed E-state index contributed by atoms with van der Waals surface area (Å²) in [6, 6.07) is 0. The summed E-state index contributed by atoms with van der Waals surface area (Å²) in [7, 11) is 0. The van der Waals surface area contributed by atoms with E-state index < -0.39 is 5.97 Å². The Morgan fingerprint density at radius 2 is 2.25 bits per heavy atom. The molecule has 1 aromatic heterocycles. The number of hydrogen-bond donors (Lipinski definition) is 2. The lowest BCUT2D eigenvalue weighted by molar-refractivity contribution is -0.118. The van der Waals surface area contributed by atoms with Crippen molar-refractivity contribution in [3.05, 3.63) is 15.6 Å². The zero-order valence-corrected chi connectivity index (χ0v) is 9.64. The molecule has 0 aliphatic carbocycles. The second kappa shape index (κ2) is 5.28. The van der Waals surface area contributed by atoms with Crippen molar-refractivity contribution >= 4 is 23.2 Å². The van der Waals surface area contributed by atoms with E-state index in [-0.39, 0.29) is 17.3 Å². The zero-order chi connectivity index (χ0) is 12.1. The smallest absolute Gasteiger partial charge is 0.347 e. The molecule has 0 bridgehead atoms. The van der Waals surface area contributed by atoms with E-state index in [9.17, 15) is 9.59 Å². The van der Waals surface area contributed by atoms with Gasteiger partial charge < -0.3 is 10.4 Å². The first-order valence-electron chi connectivity index (χ1n) is 4.44. The molecule has 1 aromatic rings. The molecule has 1 rings (SSSR count). The Morgan fingerprint density at radius 1 is 1.56 bits per heavy atom. The van der Waals surface area contributed by atoms with Crippen molar-refractivity contribution in [2.75, 3.05) is 6.54 Å². The highest BCUT2D eigenvalue weighted by Crippen LogP contribution is 2.16. The van der Waals surface area contributed by atoms with E-state index in [1.807, 2.05) is 0 Å². The molecule has 1 heterocycles. The summed E-state index contributed by atoms with van der Waals surface area (Å²) in [5, 5.41) is 11.7. The minimum Gasteiger partial charge on any atom is -0.477 e. The van der Waals surface area contributed by atoms with Crippen LogP contribution in [0.15, 0.2) is 0 Å². The van der Waals surface area contributed by atoms with E-state index >= 15 is 0 Å². The molecular weight excluding hydrogens is 228 g/mol. The molecule has 0 aromatic carbocycles. The fourth-order valence-corrected chi connectivity index (χ4v) is 1.72. The van der Waals surface area contributed by atoms with Crippen molar-refractivity contribution in [2.24, 2.45) is 0 Å². The maximum atomic E-state index is 10.7. The highest BCUT2D eigenvalue weighted by Gasteiger charge is 2.12. The summed E-state index contributed by atoms with van der Waals surface area (Å²) in [5.41, 5.74) is 0.460. The first kappa shape index (κ1) is 12.2. The van der Waals surface area contributed by atoms with Crippen LogP contribution in [0, 0.1) is 18.8 Å². The summed E-state index contributed by atoms with van der Waals surface area (Å²) in [4.78, 5) is 25.5. The number of aromatic carboxylic acids is 1. The third-order valence-electron chi connectivity index (χ3n) is 1.61. The molecule has 0 atom stereocenters. The van der Waals surface area contributed by atoms with Gasteiger partial charge in [0.1, 0.15) is 4.88 Å². The lowest BCUT2D eigenvalue weighted by Crippen LogP contribution is -2.19. The topological polar surface area (TPSA) is 79.3 Å². The lowest BCUT2D eigenvalue weighted by Gasteiger charge is -1.89. The van der Waals surface area contributed by atoms with Crippen molar-refractivity contribution in [1.82, 2.24) is 10.3 Å². The molecule has 2 N–H and O–H groups in total. The number of carbonyl (C=O) groups excluding carboxylic acids is 1. The third-order valence-corrected chi connectivity index (χ3v) is 2.67. The van der Waals surface area contributed by atoms with E-state index in [0.29, 0.717) is 10.7 Å². The molecule has 0 spiro atoms. The van der Waals surface area contributed by atoms with Gasteiger partial charge in [-0.1, -0.05) is 17.3 Å². The molecule has 0 unspecified atom stereocenters. The van der Waals surface area contributed by atoms with Crippen molar-refractivity contribution in [3.63, 3.8) is 0 Å². The van der Waals surface area contributed by atoms with Crippen LogP contribution in [-0.4, -0.2) is 28.5 Å². The SMILES string of the molecule is CC(=O)NCC#Cc1nc(C)c(C(=O)O)s1. The van der Waals surface area contributed by atoms with Crippen LogP contribution in [0.4, 0.5) is 0 Å². The second-order valence-corrected chi connectivity index (χ2v) is 3.95. The van der Waals surface area contributed by atoms with Crippen molar-refractivity contribution in [3.8, 4) is 11.8 Å². The van der Waals surface area contributed by atoms with E-state index in [4.69, 9.17) is 5.11 Å². The van der Waals surface area contributed by atoms with Crippen LogP contribution in [-0.2, 0) is 4.79 Å². The normalized spacial score (nSPS) is 9.12. The van der Waals surface area contributed by atoms with E-state index in [0.717, 1.165) is 11.3 Å². The van der Waals surface area contributed by atoms with Crippen LogP contribution in [0.25, 0.3) is 0 Å².